The summed E-state index contributed by atoms with van der Waals surface area (Å²) in [4.78, 5) is 17.9. The number of ether oxygens (including phenoxy) is 1. The maximum Gasteiger partial charge on any atom is 0.416 e. The van der Waals surface area contributed by atoms with E-state index in [1.807, 2.05) is 39.8 Å². The largest absolute Gasteiger partial charge is 0.416 e. The molecule has 0 spiro atoms. The zero-order valence-electron chi connectivity index (χ0n) is 19.2. The third kappa shape index (κ3) is 6.22. The number of anilines is 1. The van der Waals surface area contributed by atoms with E-state index in [1.165, 1.54) is 11.0 Å². The van der Waals surface area contributed by atoms with Crippen LogP contribution in [0.25, 0.3) is 11.1 Å². The summed E-state index contributed by atoms with van der Waals surface area (Å²) in [5.41, 5.74) is 3.09. The van der Waals surface area contributed by atoms with E-state index < -0.39 is 24.6 Å². The SMILES string of the molecule is Cc1cc(-c2ccc(N3CCOC(C(F)(F)F)C3)c(F)c2CNC(=O)CC(C)C)cc(C)n1. The van der Waals surface area contributed by atoms with Crippen molar-refractivity contribution in [2.24, 2.45) is 5.92 Å². The first-order valence-electron chi connectivity index (χ1n) is 10.9. The molecule has 2 heterocycles. The third-order valence-corrected chi connectivity index (χ3v) is 5.44. The second-order valence-electron chi connectivity index (χ2n) is 8.79. The molecule has 1 atom stereocenters. The van der Waals surface area contributed by atoms with Gasteiger partial charge in [-0.3, -0.25) is 9.78 Å². The number of amides is 1. The fourth-order valence-corrected chi connectivity index (χ4v) is 3.98. The Balaban J connectivity index is 2.00. The van der Waals surface area contributed by atoms with Crippen LogP contribution in [0.3, 0.4) is 0 Å². The molecular formula is C24H29F4N3O2. The van der Waals surface area contributed by atoms with Gasteiger partial charge in [-0.05, 0) is 49.1 Å². The molecule has 0 aliphatic carbocycles. The summed E-state index contributed by atoms with van der Waals surface area (Å²) in [6.07, 6.45) is -6.22. The van der Waals surface area contributed by atoms with Crippen molar-refractivity contribution in [2.45, 2.75) is 52.9 Å². The summed E-state index contributed by atoms with van der Waals surface area (Å²) in [7, 11) is 0. The van der Waals surface area contributed by atoms with Crippen LogP contribution in [0.1, 0.15) is 37.2 Å². The van der Waals surface area contributed by atoms with Crippen molar-refractivity contribution in [1.82, 2.24) is 10.3 Å². The average molecular weight is 468 g/mol. The molecule has 1 unspecified atom stereocenters. The van der Waals surface area contributed by atoms with Crippen molar-refractivity contribution in [3.8, 4) is 11.1 Å². The molecule has 1 saturated heterocycles. The first-order valence-corrected chi connectivity index (χ1v) is 10.9. The van der Waals surface area contributed by atoms with E-state index in [4.69, 9.17) is 4.74 Å². The lowest BCUT2D eigenvalue weighted by Crippen LogP contribution is -2.49. The average Bonchev–Trinajstić information content (AvgIpc) is 2.71. The number of carbonyl (C=O) groups excluding carboxylic acids is 1. The number of aromatic nitrogens is 1. The molecular weight excluding hydrogens is 438 g/mol. The van der Waals surface area contributed by atoms with Crippen LogP contribution in [0, 0.1) is 25.6 Å². The number of carbonyl (C=O) groups is 1. The summed E-state index contributed by atoms with van der Waals surface area (Å²) in [6.45, 7) is 6.88. The van der Waals surface area contributed by atoms with Crippen molar-refractivity contribution in [2.75, 3.05) is 24.6 Å². The monoisotopic (exact) mass is 467 g/mol. The molecule has 33 heavy (non-hydrogen) atoms. The van der Waals surface area contributed by atoms with E-state index >= 15 is 4.39 Å². The Hall–Kier alpha value is -2.68. The molecule has 1 aromatic heterocycles. The van der Waals surface area contributed by atoms with Gasteiger partial charge >= 0.3 is 6.18 Å². The van der Waals surface area contributed by atoms with Gasteiger partial charge < -0.3 is 15.0 Å². The molecule has 1 fully saturated rings. The lowest BCUT2D eigenvalue weighted by molar-refractivity contribution is -0.221. The molecule has 0 saturated carbocycles. The highest BCUT2D eigenvalue weighted by Gasteiger charge is 2.43. The molecule has 5 nitrogen and oxygen atoms in total. The highest BCUT2D eigenvalue weighted by molar-refractivity contribution is 5.77. The molecule has 1 amide bonds. The quantitative estimate of drug-likeness (QED) is 0.612. The number of nitrogens with zero attached hydrogens (tertiary/aromatic N) is 2. The van der Waals surface area contributed by atoms with Crippen LogP contribution in [-0.4, -0.2) is 42.9 Å². The van der Waals surface area contributed by atoms with Gasteiger partial charge in [0.25, 0.3) is 0 Å². The van der Waals surface area contributed by atoms with Gasteiger partial charge in [-0.25, -0.2) is 4.39 Å². The summed E-state index contributed by atoms with van der Waals surface area (Å²) >= 11 is 0. The molecule has 180 valence electrons. The number of halogens is 4. The van der Waals surface area contributed by atoms with E-state index in [9.17, 15) is 18.0 Å². The Labute approximate surface area is 191 Å². The van der Waals surface area contributed by atoms with Crippen LogP contribution in [-0.2, 0) is 16.1 Å². The maximum absolute atomic E-state index is 15.8. The topological polar surface area (TPSA) is 54.5 Å². The highest BCUT2D eigenvalue weighted by atomic mass is 19.4. The van der Waals surface area contributed by atoms with Crippen molar-refractivity contribution in [3.05, 3.63) is 47.0 Å². The Kier molecular flexibility index (Phi) is 7.62. The van der Waals surface area contributed by atoms with Crippen molar-refractivity contribution in [3.63, 3.8) is 0 Å². The van der Waals surface area contributed by atoms with Gasteiger partial charge in [0.1, 0.15) is 0 Å². The summed E-state index contributed by atoms with van der Waals surface area (Å²) in [5, 5.41) is 2.76. The Morgan fingerprint density at radius 3 is 2.52 bits per heavy atom. The van der Waals surface area contributed by atoms with E-state index in [-0.39, 0.29) is 42.8 Å². The van der Waals surface area contributed by atoms with Gasteiger partial charge in [-0.15, -0.1) is 0 Å². The van der Waals surface area contributed by atoms with Crippen LogP contribution < -0.4 is 10.2 Å². The summed E-state index contributed by atoms with van der Waals surface area (Å²) in [5.74, 6) is -0.725. The van der Waals surface area contributed by atoms with E-state index in [0.717, 1.165) is 17.0 Å². The van der Waals surface area contributed by atoms with Crippen molar-refractivity contribution >= 4 is 11.6 Å². The van der Waals surface area contributed by atoms with Crippen molar-refractivity contribution in [1.29, 1.82) is 0 Å². The summed E-state index contributed by atoms with van der Waals surface area (Å²) < 4.78 is 60.2. The van der Waals surface area contributed by atoms with Crippen LogP contribution in [0.5, 0.6) is 0 Å². The van der Waals surface area contributed by atoms with Crippen LogP contribution in [0.4, 0.5) is 23.2 Å². The maximum atomic E-state index is 15.8. The Bertz CT molecular complexity index is 988. The van der Waals surface area contributed by atoms with Gasteiger partial charge in [0.2, 0.25) is 5.91 Å². The smallest absolute Gasteiger partial charge is 0.365 e. The first kappa shape index (κ1) is 25.0. The fraction of sp³-hybridized carbons (Fsp3) is 0.500. The van der Waals surface area contributed by atoms with Crippen molar-refractivity contribution < 1.29 is 27.1 Å². The standard InChI is InChI=1S/C24H29F4N3O2/c1-14(2)9-22(32)29-12-19-18(17-10-15(3)30-16(4)11-17)5-6-20(23(19)25)31-7-8-33-21(13-31)24(26,27)28/h5-6,10-11,14,21H,7-9,12-13H2,1-4H3,(H,29,32). The van der Waals surface area contributed by atoms with E-state index in [2.05, 4.69) is 10.3 Å². The van der Waals surface area contributed by atoms with Crippen LogP contribution in [0.15, 0.2) is 24.3 Å². The second kappa shape index (κ2) is 10.1. The third-order valence-electron chi connectivity index (χ3n) is 5.44. The fourth-order valence-electron chi connectivity index (χ4n) is 3.98. The number of hydrogen-bond donors (Lipinski definition) is 1. The second-order valence-corrected chi connectivity index (χ2v) is 8.79. The first-order chi connectivity index (χ1) is 15.5. The van der Waals surface area contributed by atoms with Gasteiger partial charge in [-0.1, -0.05) is 19.9 Å². The number of aryl methyl sites for hydroxylation is 2. The number of benzene rings is 1. The molecule has 0 bridgehead atoms. The highest BCUT2D eigenvalue weighted by Crippen LogP contribution is 2.35. The summed E-state index contributed by atoms with van der Waals surface area (Å²) in [6, 6.07) is 6.81. The molecule has 3 rings (SSSR count). The molecule has 1 aliphatic rings. The molecule has 1 aliphatic heterocycles. The zero-order chi connectivity index (χ0) is 24.3. The lowest BCUT2D eigenvalue weighted by atomic mass is 9.97. The molecule has 2 aromatic rings. The Morgan fingerprint density at radius 1 is 1.24 bits per heavy atom. The lowest BCUT2D eigenvalue weighted by Gasteiger charge is -2.35. The normalized spacial score (nSPS) is 16.9. The van der Waals surface area contributed by atoms with E-state index in [0.29, 0.717) is 12.0 Å². The number of pyridine rings is 1. The van der Waals surface area contributed by atoms with Gasteiger partial charge in [-0.2, -0.15) is 13.2 Å². The molecule has 1 N–H and O–H groups in total. The predicted molar refractivity (Wildman–Crippen MR) is 118 cm³/mol. The number of morpholine rings is 1. The molecule has 1 aromatic carbocycles. The number of rotatable bonds is 6. The van der Waals surface area contributed by atoms with Crippen LogP contribution >= 0.6 is 0 Å². The van der Waals surface area contributed by atoms with Gasteiger partial charge in [0, 0.05) is 36.5 Å². The molecule has 0 radical (unpaired) electrons. The van der Waals surface area contributed by atoms with Crippen LogP contribution in [0.2, 0.25) is 0 Å². The van der Waals surface area contributed by atoms with Gasteiger partial charge in [0.05, 0.1) is 18.8 Å². The van der Waals surface area contributed by atoms with Gasteiger partial charge in [0.15, 0.2) is 11.9 Å². The number of nitrogens with one attached hydrogen (secondary N) is 1. The number of hydrogen-bond acceptors (Lipinski definition) is 4. The minimum atomic E-state index is -4.53. The van der Waals surface area contributed by atoms with E-state index in [1.54, 1.807) is 6.07 Å². The predicted octanol–water partition coefficient (Wildman–Crippen LogP) is 4.93. The number of alkyl halides is 3. The minimum Gasteiger partial charge on any atom is -0.365 e. The molecule has 9 heteroatoms. The Morgan fingerprint density at radius 2 is 1.91 bits per heavy atom. The minimum absolute atomic E-state index is 0.0620. The zero-order valence-corrected chi connectivity index (χ0v) is 19.2.